The summed E-state index contributed by atoms with van der Waals surface area (Å²) in [5.74, 6) is -0.240. The van der Waals surface area contributed by atoms with Gasteiger partial charge in [0.2, 0.25) is 0 Å². The van der Waals surface area contributed by atoms with Gasteiger partial charge in [-0.2, -0.15) is 0 Å². The standard InChI is InChI=1S/C26H42N2O5S/c1-3-4-5-6-7-8-9-13-16-25(29)33-21(2)22-17-19-24(20-18-22)34(31,32)28-26(30)27-23-14-11-10-12-15-23/h17-21,23H,3-16H2,1-2H3,(H2,27,28,30). The van der Waals surface area contributed by atoms with Crippen LogP contribution in [0.4, 0.5) is 4.79 Å². The second kappa shape index (κ2) is 15.0. The lowest BCUT2D eigenvalue weighted by Crippen LogP contribution is -2.45. The fraction of sp³-hybridized carbons (Fsp3) is 0.692. The number of benzene rings is 1. The van der Waals surface area contributed by atoms with Gasteiger partial charge in [0.25, 0.3) is 10.0 Å². The van der Waals surface area contributed by atoms with Gasteiger partial charge in [0, 0.05) is 12.5 Å². The van der Waals surface area contributed by atoms with E-state index < -0.39 is 22.2 Å². The number of hydrogen-bond donors (Lipinski definition) is 2. The highest BCUT2D eigenvalue weighted by Crippen LogP contribution is 2.21. The molecule has 0 spiro atoms. The number of amides is 2. The highest BCUT2D eigenvalue weighted by molar-refractivity contribution is 7.90. The highest BCUT2D eigenvalue weighted by Gasteiger charge is 2.21. The molecule has 1 aromatic rings. The number of ether oxygens (including phenoxy) is 1. The van der Waals surface area contributed by atoms with Crippen molar-refractivity contribution in [3.8, 4) is 0 Å². The molecule has 0 bridgehead atoms. The summed E-state index contributed by atoms with van der Waals surface area (Å²) in [5, 5.41) is 2.75. The Morgan fingerprint density at radius 1 is 0.941 bits per heavy atom. The van der Waals surface area contributed by atoms with Crippen molar-refractivity contribution in [2.45, 2.75) is 121 Å². The van der Waals surface area contributed by atoms with E-state index in [0.717, 1.165) is 51.4 Å². The molecule has 8 heteroatoms. The Kier molecular flexibility index (Phi) is 12.4. The number of esters is 1. The molecular formula is C26H42N2O5S. The third-order valence-electron chi connectivity index (χ3n) is 6.37. The molecule has 0 heterocycles. The van der Waals surface area contributed by atoms with Crippen molar-refractivity contribution in [1.82, 2.24) is 10.0 Å². The fourth-order valence-electron chi connectivity index (χ4n) is 4.29. The Bertz CT molecular complexity index is 848. The molecule has 34 heavy (non-hydrogen) atoms. The summed E-state index contributed by atoms with van der Waals surface area (Å²) >= 11 is 0. The van der Waals surface area contributed by atoms with Crippen molar-refractivity contribution in [2.24, 2.45) is 0 Å². The second-order valence-electron chi connectivity index (χ2n) is 9.34. The van der Waals surface area contributed by atoms with E-state index in [-0.39, 0.29) is 16.9 Å². The van der Waals surface area contributed by atoms with Gasteiger partial charge in [0.1, 0.15) is 6.10 Å². The Morgan fingerprint density at radius 2 is 1.53 bits per heavy atom. The fourth-order valence-corrected chi connectivity index (χ4v) is 5.20. The summed E-state index contributed by atoms with van der Waals surface area (Å²) in [6.07, 6.45) is 14.2. The molecule has 2 N–H and O–H groups in total. The van der Waals surface area contributed by atoms with Crippen LogP contribution in [-0.2, 0) is 19.6 Å². The number of carbonyl (C=O) groups excluding carboxylic acids is 2. The summed E-state index contributed by atoms with van der Waals surface area (Å²) in [5.41, 5.74) is 0.704. The molecule has 0 radical (unpaired) electrons. The quantitative estimate of drug-likeness (QED) is 0.239. The van der Waals surface area contributed by atoms with Crippen LogP contribution >= 0.6 is 0 Å². The van der Waals surface area contributed by atoms with E-state index in [1.54, 1.807) is 19.1 Å². The van der Waals surface area contributed by atoms with Crippen LogP contribution in [0.3, 0.4) is 0 Å². The Hall–Kier alpha value is -2.09. The summed E-state index contributed by atoms with van der Waals surface area (Å²) in [6, 6.07) is 5.40. The van der Waals surface area contributed by atoms with Crippen LogP contribution in [0, 0.1) is 0 Å². The third kappa shape index (κ3) is 10.5. The summed E-state index contributed by atoms with van der Waals surface area (Å²) in [6.45, 7) is 3.98. The first kappa shape index (κ1) is 28.1. The molecule has 192 valence electrons. The molecule has 0 aromatic heterocycles. The zero-order valence-corrected chi connectivity index (χ0v) is 21.6. The maximum Gasteiger partial charge on any atom is 0.328 e. The highest BCUT2D eigenvalue weighted by atomic mass is 32.2. The normalized spacial score (nSPS) is 15.5. The van der Waals surface area contributed by atoms with Crippen LogP contribution in [0.25, 0.3) is 0 Å². The Morgan fingerprint density at radius 3 is 2.15 bits per heavy atom. The van der Waals surface area contributed by atoms with E-state index in [9.17, 15) is 18.0 Å². The maximum atomic E-state index is 12.5. The van der Waals surface area contributed by atoms with Gasteiger partial charge in [-0.05, 0) is 43.9 Å². The van der Waals surface area contributed by atoms with Crippen LogP contribution in [-0.4, -0.2) is 26.5 Å². The van der Waals surface area contributed by atoms with Gasteiger partial charge >= 0.3 is 12.0 Å². The number of hydrogen-bond acceptors (Lipinski definition) is 5. The molecule has 7 nitrogen and oxygen atoms in total. The van der Waals surface area contributed by atoms with Crippen molar-refractivity contribution in [3.63, 3.8) is 0 Å². The van der Waals surface area contributed by atoms with E-state index in [0.29, 0.717) is 12.0 Å². The lowest BCUT2D eigenvalue weighted by atomic mass is 9.96. The van der Waals surface area contributed by atoms with Crippen molar-refractivity contribution in [1.29, 1.82) is 0 Å². The van der Waals surface area contributed by atoms with Crippen LogP contribution in [0.2, 0.25) is 0 Å². The van der Waals surface area contributed by atoms with Gasteiger partial charge in [-0.3, -0.25) is 4.79 Å². The molecule has 1 saturated carbocycles. The molecule has 1 aliphatic rings. The topological polar surface area (TPSA) is 102 Å². The minimum atomic E-state index is -3.97. The smallest absolute Gasteiger partial charge is 0.328 e. The average Bonchev–Trinajstić information content (AvgIpc) is 2.81. The van der Waals surface area contributed by atoms with Crippen LogP contribution in [0.5, 0.6) is 0 Å². The minimum absolute atomic E-state index is 0.00694. The van der Waals surface area contributed by atoms with Crippen LogP contribution in [0.15, 0.2) is 29.2 Å². The molecule has 1 aromatic carbocycles. The van der Waals surface area contributed by atoms with E-state index in [2.05, 4.69) is 17.0 Å². The van der Waals surface area contributed by atoms with Gasteiger partial charge < -0.3 is 10.1 Å². The Labute approximate surface area is 205 Å². The SMILES string of the molecule is CCCCCCCCCCC(=O)OC(C)c1ccc(S(=O)(=O)NC(=O)NC2CCCCC2)cc1. The van der Waals surface area contributed by atoms with Gasteiger partial charge in [0.15, 0.2) is 0 Å². The first-order valence-corrected chi connectivity index (χ1v) is 14.4. The maximum absolute atomic E-state index is 12.5. The van der Waals surface area contributed by atoms with Crippen molar-refractivity contribution in [3.05, 3.63) is 29.8 Å². The third-order valence-corrected chi connectivity index (χ3v) is 7.72. The first-order valence-electron chi connectivity index (χ1n) is 12.9. The van der Waals surface area contributed by atoms with E-state index in [4.69, 9.17) is 4.74 Å². The number of unbranched alkanes of at least 4 members (excludes halogenated alkanes) is 7. The van der Waals surface area contributed by atoms with Crippen molar-refractivity contribution in [2.75, 3.05) is 0 Å². The Balaban J connectivity index is 1.73. The summed E-state index contributed by atoms with van der Waals surface area (Å²) < 4.78 is 32.6. The monoisotopic (exact) mass is 494 g/mol. The van der Waals surface area contributed by atoms with Gasteiger partial charge in [-0.1, -0.05) is 83.3 Å². The number of nitrogens with one attached hydrogen (secondary N) is 2. The predicted octanol–water partition coefficient (Wildman–Crippen LogP) is 6.14. The number of urea groups is 1. The molecule has 0 saturated heterocycles. The van der Waals surface area contributed by atoms with E-state index in [1.807, 2.05) is 0 Å². The van der Waals surface area contributed by atoms with Crippen molar-refractivity contribution < 1.29 is 22.7 Å². The second-order valence-corrected chi connectivity index (χ2v) is 11.0. The van der Waals surface area contributed by atoms with Crippen LogP contribution < -0.4 is 10.0 Å². The zero-order valence-electron chi connectivity index (χ0n) is 20.8. The predicted molar refractivity (Wildman–Crippen MR) is 134 cm³/mol. The van der Waals surface area contributed by atoms with Gasteiger partial charge in [-0.25, -0.2) is 17.9 Å². The minimum Gasteiger partial charge on any atom is -0.458 e. The number of carbonyl (C=O) groups is 2. The van der Waals surface area contributed by atoms with Crippen molar-refractivity contribution >= 4 is 22.0 Å². The van der Waals surface area contributed by atoms with Gasteiger partial charge in [0.05, 0.1) is 4.90 Å². The molecule has 0 aliphatic heterocycles. The lowest BCUT2D eigenvalue weighted by molar-refractivity contribution is -0.148. The molecule has 2 amide bonds. The average molecular weight is 495 g/mol. The van der Waals surface area contributed by atoms with E-state index >= 15 is 0 Å². The molecule has 2 rings (SSSR count). The molecular weight excluding hydrogens is 452 g/mol. The molecule has 1 fully saturated rings. The summed E-state index contributed by atoms with van der Waals surface area (Å²) in [4.78, 5) is 24.3. The molecule has 1 unspecified atom stereocenters. The lowest BCUT2D eigenvalue weighted by Gasteiger charge is -2.22. The number of rotatable bonds is 14. The van der Waals surface area contributed by atoms with Crippen LogP contribution in [0.1, 0.15) is 115 Å². The molecule has 1 aliphatic carbocycles. The largest absolute Gasteiger partial charge is 0.458 e. The summed E-state index contributed by atoms with van der Waals surface area (Å²) in [7, 11) is -3.97. The zero-order chi connectivity index (χ0) is 24.8. The molecule has 1 atom stereocenters. The van der Waals surface area contributed by atoms with Gasteiger partial charge in [-0.15, -0.1) is 0 Å². The number of sulfonamides is 1. The first-order chi connectivity index (χ1) is 16.3. The van der Waals surface area contributed by atoms with E-state index in [1.165, 1.54) is 44.2 Å².